The maximum Gasteiger partial charge on any atom is 0.408 e. The molecule has 6 heterocycles. The largest absolute Gasteiger partial charge is 0.471 e. The number of para-hydroxylation sites is 4. The first-order chi connectivity index (χ1) is 40.7. The van der Waals surface area contributed by atoms with Crippen LogP contribution in [-0.4, -0.2) is 154 Å². The molecular weight excluding hydrogens is 1120 g/mol. The lowest BCUT2D eigenvalue weighted by molar-refractivity contribution is -0.152. The highest BCUT2D eigenvalue weighted by Crippen LogP contribution is 2.37. The summed E-state index contributed by atoms with van der Waals surface area (Å²) in [4.78, 5) is 100. The molecule has 86 heavy (non-hydrogen) atoms. The molecule has 2 aromatic heterocycles. The van der Waals surface area contributed by atoms with Crippen molar-refractivity contribution in [2.24, 2.45) is 10.8 Å². The fourth-order valence-electron chi connectivity index (χ4n) is 10.4. The van der Waals surface area contributed by atoms with Gasteiger partial charge in [-0.15, -0.1) is 0 Å². The SMILES string of the molecule is COC(=O)[C@@H]1C[C@@H]2CN1C(=O)[C@H](C(C)(C)C)NC(=O)OCC(F)(F)/C=C/c1cccc(c1)-c1nc3ccccc3nc1O2.COC(=O)[C@@H]1C[C@@H]2CN1C(=O)[C@H](C(C)(C)C)NC(=O)OCC(F)(F)CCc1cccc(c1)-c1nc3ccccc3nc1O2. The fourth-order valence-corrected chi connectivity index (χ4v) is 10.4. The second kappa shape index (κ2) is 24.9. The molecule has 2 fully saturated rings. The molecule has 4 amide bonds. The number of carbonyl (C=O) groups is 6. The van der Waals surface area contributed by atoms with Gasteiger partial charge in [-0.25, -0.2) is 47.9 Å². The predicted octanol–water partition coefficient (Wildman–Crippen LogP) is 9.16. The number of ether oxygens (including phenoxy) is 6. The zero-order chi connectivity index (χ0) is 61.9. The number of amides is 4. The predicted molar refractivity (Wildman–Crippen MR) is 306 cm³/mol. The van der Waals surface area contributed by atoms with Crippen LogP contribution in [0, 0.1) is 10.8 Å². The Balaban J connectivity index is 0.000000205. The van der Waals surface area contributed by atoms with E-state index in [4.69, 9.17) is 48.4 Å². The highest BCUT2D eigenvalue weighted by Gasteiger charge is 2.49. The summed E-state index contributed by atoms with van der Waals surface area (Å²) in [6.07, 6.45) is -2.23. The number of nitrogens with zero attached hydrogens (tertiary/aromatic N) is 6. The Morgan fingerprint density at radius 1 is 0.593 bits per heavy atom. The van der Waals surface area contributed by atoms with E-state index in [0.717, 1.165) is 0 Å². The quantitative estimate of drug-likeness (QED) is 0.0933. The van der Waals surface area contributed by atoms with Gasteiger partial charge in [0.2, 0.25) is 23.6 Å². The molecule has 0 spiro atoms. The summed E-state index contributed by atoms with van der Waals surface area (Å²) >= 11 is 0. The Kier molecular flexibility index (Phi) is 17.9. The molecule has 24 heteroatoms. The van der Waals surface area contributed by atoms with Gasteiger partial charge in [0.05, 0.1) is 49.4 Å². The first kappa shape index (κ1) is 61.6. The molecule has 0 radical (unpaired) electrons. The summed E-state index contributed by atoms with van der Waals surface area (Å²) in [6, 6.07) is 23.7. The number of hydrogen-bond donors (Lipinski definition) is 2. The van der Waals surface area contributed by atoms with Gasteiger partial charge in [0.1, 0.15) is 47.8 Å². The van der Waals surface area contributed by atoms with Crippen LogP contribution < -0.4 is 20.1 Å². The molecule has 6 atom stereocenters. The van der Waals surface area contributed by atoms with Crippen molar-refractivity contribution in [3.8, 4) is 34.3 Å². The summed E-state index contributed by atoms with van der Waals surface area (Å²) in [6.45, 7) is 7.75. The van der Waals surface area contributed by atoms with Crippen LogP contribution in [0.3, 0.4) is 0 Å². The molecule has 4 aromatic carbocycles. The van der Waals surface area contributed by atoms with Gasteiger partial charge < -0.3 is 48.9 Å². The van der Waals surface area contributed by atoms with E-state index in [9.17, 15) is 46.3 Å². The molecule has 20 nitrogen and oxygen atoms in total. The van der Waals surface area contributed by atoms with Crippen LogP contribution in [0.1, 0.15) is 71.9 Å². The normalized spacial score (nSPS) is 23.0. The Morgan fingerprint density at radius 3 is 1.50 bits per heavy atom. The summed E-state index contributed by atoms with van der Waals surface area (Å²) < 4.78 is 91.5. The number of alkyl carbamates (subject to hydrolysis) is 2. The molecule has 0 aliphatic carbocycles. The number of hydrogen-bond acceptors (Lipinski definition) is 16. The minimum Gasteiger partial charge on any atom is -0.471 e. The van der Waals surface area contributed by atoms with E-state index in [2.05, 4.69) is 10.6 Å². The van der Waals surface area contributed by atoms with Crippen molar-refractivity contribution < 1.29 is 74.8 Å². The van der Waals surface area contributed by atoms with E-state index in [1.54, 1.807) is 108 Å². The third-order valence-electron chi connectivity index (χ3n) is 14.9. The lowest BCUT2D eigenvalue weighted by Gasteiger charge is -2.34. The average molecular weight is 1190 g/mol. The third-order valence-corrected chi connectivity index (χ3v) is 14.9. The van der Waals surface area contributed by atoms with Gasteiger partial charge in [0, 0.05) is 30.4 Å². The summed E-state index contributed by atoms with van der Waals surface area (Å²) in [7, 11) is 2.43. The number of aryl methyl sites for hydroxylation is 1. The highest BCUT2D eigenvalue weighted by molar-refractivity contribution is 5.92. The number of nitrogens with one attached hydrogen (secondary N) is 2. The van der Waals surface area contributed by atoms with Gasteiger partial charge in [-0.1, -0.05) is 108 Å². The zero-order valence-corrected chi connectivity index (χ0v) is 48.6. The van der Waals surface area contributed by atoms with Crippen LogP contribution in [0.15, 0.2) is 103 Å². The fraction of sp³-hybridized carbons (Fsp3) is 0.419. The molecule has 10 rings (SSSR count). The number of methoxy groups -OCH3 is 2. The van der Waals surface area contributed by atoms with Crippen molar-refractivity contribution in [2.75, 3.05) is 40.5 Å². The molecule has 2 N–H and O–H groups in total. The van der Waals surface area contributed by atoms with Gasteiger partial charge in [-0.3, -0.25) is 9.59 Å². The second-order valence-corrected chi connectivity index (χ2v) is 23.6. The minimum absolute atomic E-state index is 0.00448. The minimum atomic E-state index is -3.50. The maximum atomic E-state index is 14.8. The molecular formula is C62H66F4N8O12. The van der Waals surface area contributed by atoms with E-state index in [1.165, 1.54) is 30.1 Å². The third kappa shape index (κ3) is 14.4. The number of carbonyl (C=O) groups excluding carboxylic acids is 6. The topological polar surface area (TPSA) is 240 Å². The second-order valence-electron chi connectivity index (χ2n) is 23.6. The average Bonchev–Trinajstić information content (AvgIpc) is 1.82. The van der Waals surface area contributed by atoms with Gasteiger partial charge in [-0.2, -0.15) is 8.78 Å². The molecule has 2 saturated heterocycles. The number of fused-ring (bicyclic) bond motifs is 14. The monoisotopic (exact) mass is 1190 g/mol. The summed E-state index contributed by atoms with van der Waals surface area (Å²) in [5.41, 5.74) is 3.59. The van der Waals surface area contributed by atoms with Crippen LogP contribution in [-0.2, 0) is 44.5 Å². The van der Waals surface area contributed by atoms with Crippen molar-refractivity contribution in [1.82, 2.24) is 40.4 Å². The number of halogens is 4. The lowest BCUT2D eigenvalue weighted by atomic mass is 9.85. The van der Waals surface area contributed by atoms with Crippen LogP contribution in [0.4, 0.5) is 27.2 Å². The summed E-state index contributed by atoms with van der Waals surface area (Å²) in [5.74, 6) is -9.03. The van der Waals surface area contributed by atoms with Crippen LogP contribution in [0.5, 0.6) is 11.8 Å². The molecule has 6 aromatic rings. The standard InChI is InChI=1S/C31H34F2N4O6.C31H32F2N4O6/c2*1-30(2,3)25-27(38)37-16-20(15-23(37)28(39)41-4)43-26-24(34-21-10-5-6-11-22(21)35-26)19-9-7-8-18(14-19)12-13-31(32,33)17-42-29(40)36-25/h5-11,14,20,23,25H,12-13,15-17H2,1-4H3,(H,36,40);5-14,20,23,25H,15-17H2,1-4H3,(H,36,40)/b;13-12+/t2*20-,23+,25-/m11/s1. The van der Waals surface area contributed by atoms with Gasteiger partial charge in [0.15, 0.2) is 13.2 Å². The molecule has 8 bridgehead atoms. The van der Waals surface area contributed by atoms with Gasteiger partial charge >= 0.3 is 24.1 Å². The van der Waals surface area contributed by atoms with E-state index < -0.39 is 115 Å². The van der Waals surface area contributed by atoms with E-state index >= 15 is 0 Å². The zero-order valence-electron chi connectivity index (χ0n) is 48.6. The van der Waals surface area contributed by atoms with Crippen molar-refractivity contribution in [1.29, 1.82) is 0 Å². The number of esters is 2. The number of benzene rings is 4. The van der Waals surface area contributed by atoms with E-state index in [1.807, 2.05) is 30.3 Å². The van der Waals surface area contributed by atoms with Crippen molar-refractivity contribution in [3.63, 3.8) is 0 Å². The Hall–Kier alpha value is -8.96. The maximum absolute atomic E-state index is 14.8. The number of rotatable bonds is 2. The molecule has 4 aliphatic heterocycles. The number of cyclic esters (lactones) is 2. The van der Waals surface area contributed by atoms with Crippen molar-refractivity contribution in [3.05, 3.63) is 114 Å². The Bertz CT molecular complexity index is 3590. The Morgan fingerprint density at radius 2 is 1.03 bits per heavy atom. The molecule has 0 saturated carbocycles. The molecule has 4 aliphatic rings. The lowest BCUT2D eigenvalue weighted by Crippen LogP contribution is -2.57. The van der Waals surface area contributed by atoms with Gasteiger partial charge in [-0.05, 0) is 70.9 Å². The molecule has 0 unspecified atom stereocenters. The van der Waals surface area contributed by atoms with Crippen molar-refractivity contribution >= 4 is 64.1 Å². The van der Waals surface area contributed by atoms with Crippen LogP contribution in [0.25, 0.3) is 50.7 Å². The highest BCUT2D eigenvalue weighted by atomic mass is 19.3. The van der Waals surface area contributed by atoms with E-state index in [0.29, 0.717) is 61.8 Å². The van der Waals surface area contributed by atoms with Crippen LogP contribution >= 0.6 is 0 Å². The summed E-state index contributed by atoms with van der Waals surface area (Å²) in [5, 5.41) is 4.87. The van der Waals surface area contributed by atoms with Crippen LogP contribution in [0.2, 0.25) is 0 Å². The Labute approximate surface area is 492 Å². The van der Waals surface area contributed by atoms with Crippen molar-refractivity contribution in [2.45, 2.75) is 115 Å². The first-order valence-corrected chi connectivity index (χ1v) is 27.8. The molecule has 454 valence electrons. The van der Waals surface area contributed by atoms with Gasteiger partial charge in [0.25, 0.3) is 11.8 Å². The first-order valence-electron chi connectivity index (χ1n) is 27.8. The van der Waals surface area contributed by atoms with E-state index in [-0.39, 0.29) is 44.1 Å². The number of aromatic nitrogens is 4. The number of alkyl halides is 4. The smallest absolute Gasteiger partial charge is 0.408 e.